The number of piperidine rings is 2. The second-order valence-electron chi connectivity index (χ2n) is 25.2. The van der Waals surface area contributed by atoms with E-state index in [4.69, 9.17) is 4.74 Å². The number of nitrogens with zero attached hydrogens (tertiary/aromatic N) is 2. The molecule has 0 spiro atoms. The van der Waals surface area contributed by atoms with Crippen LogP contribution in [0.25, 0.3) is 44.5 Å². The van der Waals surface area contributed by atoms with Gasteiger partial charge in [0.1, 0.15) is 17.4 Å². The van der Waals surface area contributed by atoms with E-state index in [1.165, 1.54) is 29.2 Å². The fourth-order valence-electron chi connectivity index (χ4n) is 14.3. The second-order valence-corrected chi connectivity index (χ2v) is 25.2. The van der Waals surface area contributed by atoms with Gasteiger partial charge in [-0.2, -0.15) is 39.5 Å². The molecule has 98 heavy (non-hydrogen) atoms. The third kappa shape index (κ3) is 15.2. The molecule has 12 nitrogen and oxygen atoms in total. The first kappa shape index (κ1) is 69.6. The van der Waals surface area contributed by atoms with Crippen molar-refractivity contribution in [3.05, 3.63) is 239 Å². The van der Waals surface area contributed by atoms with E-state index in [-0.39, 0.29) is 36.9 Å². The maximum Gasteiger partial charge on any atom is 0.416 e. The number of carboxylic acids is 1. The van der Waals surface area contributed by atoms with Gasteiger partial charge in [-0.1, -0.05) is 164 Å². The number of amides is 4. The predicted molar refractivity (Wildman–Crippen MR) is 354 cm³/mol. The van der Waals surface area contributed by atoms with Gasteiger partial charge in [-0.3, -0.25) is 19.2 Å². The molecule has 2 aliphatic carbocycles. The highest BCUT2D eigenvalue weighted by atomic mass is 19.4. The molecule has 8 aromatic rings. The van der Waals surface area contributed by atoms with E-state index in [1.807, 2.05) is 72.8 Å². The molecule has 8 aromatic carbocycles. The van der Waals surface area contributed by atoms with E-state index in [0.29, 0.717) is 89.7 Å². The van der Waals surface area contributed by atoms with E-state index in [2.05, 4.69) is 20.9 Å². The van der Waals surface area contributed by atoms with Crippen molar-refractivity contribution in [2.75, 3.05) is 45.9 Å². The van der Waals surface area contributed by atoms with Crippen LogP contribution in [0, 0.1) is 0 Å². The topological polar surface area (TPSA) is 157 Å². The van der Waals surface area contributed by atoms with E-state index >= 15 is 0 Å². The van der Waals surface area contributed by atoms with Crippen molar-refractivity contribution in [2.24, 2.45) is 0 Å². The Morgan fingerprint density at radius 2 is 0.816 bits per heavy atom. The predicted octanol–water partition coefficient (Wildman–Crippen LogP) is 16.3. The van der Waals surface area contributed by atoms with Crippen molar-refractivity contribution < 1.29 is 73.3 Å². The van der Waals surface area contributed by atoms with Crippen LogP contribution in [-0.4, -0.2) is 109 Å². The number of rotatable bonds is 19. The maximum atomic E-state index is 13.7. The van der Waals surface area contributed by atoms with Crippen LogP contribution in [0.4, 0.5) is 44.3 Å². The lowest BCUT2D eigenvalue weighted by atomic mass is 9.73. The number of carbonyl (C=O) groups excluding carboxylic acids is 4. The first-order valence-electron chi connectivity index (χ1n) is 32.7. The van der Waals surface area contributed by atoms with Crippen LogP contribution in [-0.2, 0) is 37.5 Å². The Kier molecular flexibility index (Phi) is 21.0. The van der Waals surface area contributed by atoms with Gasteiger partial charge in [0.05, 0.1) is 17.7 Å². The third-order valence-corrected chi connectivity index (χ3v) is 19.2. The molecule has 12 rings (SSSR count). The summed E-state index contributed by atoms with van der Waals surface area (Å²) in [7, 11) is 0. The summed E-state index contributed by atoms with van der Waals surface area (Å²) in [4.78, 5) is 69.8. The summed E-state index contributed by atoms with van der Waals surface area (Å²) in [5.41, 5.74) is 5.57. The zero-order valence-corrected chi connectivity index (χ0v) is 53.3. The summed E-state index contributed by atoms with van der Waals surface area (Å²) in [6.45, 7) is 1.73. The highest BCUT2D eigenvalue weighted by Crippen LogP contribution is 2.53. The van der Waals surface area contributed by atoms with Crippen LogP contribution in [0.2, 0.25) is 0 Å². The number of carboxylic acid groups (broad SMARTS) is 1. The third-order valence-electron chi connectivity index (χ3n) is 19.2. The fourth-order valence-corrected chi connectivity index (χ4v) is 14.3. The Hall–Kier alpha value is -9.76. The molecule has 21 heteroatoms. The fraction of sp³-hybridized carbons (Fsp3) is 0.312. The molecule has 0 unspecified atom stereocenters. The zero-order chi connectivity index (χ0) is 69.4. The van der Waals surface area contributed by atoms with Crippen molar-refractivity contribution in [2.45, 2.75) is 106 Å². The van der Waals surface area contributed by atoms with Crippen molar-refractivity contribution in [1.82, 2.24) is 25.8 Å². The van der Waals surface area contributed by atoms with Crippen molar-refractivity contribution in [3.63, 3.8) is 0 Å². The number of carbonyl (C=O) groups is 5. The number of alkyl halides is 9. The molecule has 4 amide bonds. The Labute approximate surface area is 561 Å². The standard InChI is InChI=1S/C40H37F6N3O4.C37H35F3N2O3/c41-39(42,43)25-47-36(51)38(33-13-5-3-10-30(33)31-11-4-6-14-34(31)38)21-7-8-24-53-37(52)49-22-19-28(20-23-49)48-35(50)32-12-2-1-9-29(32)26-15-17-27(18-16-26)40(44,45)46;38-37(39,40)26-17-15-25(16-18-26)28-9-1-2-12-31(28)34(43)41-27-19-23-42(24-20-27)22-8-7-21-36(35(44)45)32-13-5-3-10-29(32)30-11-4-6-14-33(30)36/h1-6,9-18,28H,7-8,19-25H2,(H,47,51)(H,48,50);1-6,9-18,27H,7-8,19-24H2,(H,41,43)(H,44,45). The number of hydrogen-bond acceptors (Lipinski definition) is 7. The van der Waals surface area contributed by atoms with Gasteiger partial charge in [0.15, 0.2) is 0 Å². The van der Waals surface area contributed by atoms with E-state index in [1.54, 1.807) is 72.8 Å². The number of ether oxygens (including phenoxy) is 1. The Balaban J connectivity index is 0.000000201. The quantitative estimate of drug-likeness (QED) is 0.0460. The summed E-state index contributed by atoms with van der Waals surface area (Å²) in [6, 6.07) is 52.9. The van der Waals surface area contributed by atoms with Gasteiger partial charge in [0.2, 0.25) is 5.91 Å². The largest absolute Gasteiger partial charge is 0.480 e. The SMILES string of the molecule is O=C(NC1CCN(C(=O)OCCCCC2(C(=O)NCC(F)(F)F)c3ccccc3-c3ccccc32)CC1)c1ccccc1-c1ccc(C(F)(F)F)cc1.O=C(NC1CCN(CCCCC2(C(=O)O)c3ccccc3-c3ccccc32)CC1)c1ccccc1-c1ccc(C(F)(F)F)cc1. The van der Waals surface area contributed by atoms with Gasteiger partial charge < -0.3 is 35.6 Å². The molecule has 4 aliphatic rings. The van der Waals surface area contributed by atoms with E-state index < -0.39 is 65.0 Å². The average Bonchev–Trinajstić information content (AvgIpc) is 1.57. The second kappa shape index (κ2) is 29.5. The first-order chi connectivity index (χ1) is 47.0. The van der Waals surface area contributed by atoms with Gasteiger partial charge in [-0.15, -0.1) is 0 Å². The van der Waals surface area contributed by atoms with Gasteiger partial charge in [0.25, 0.3) is 11.8 Å². The van der Waals surface area contributed by atoms with Crippen molar-refractivity contribution in [3.8, 4) is 44.5 Å². The Morgan fingerprint density at radius 1 is 0.449 bits per heavy atom. The summed E-state index contributed by atoms with van der Waals surface area (Å²) in [5.74, 6) is -2.16. The zero-order valence-electron chi connectivity index (χ0n) is 53.3. The van der Waals surface area contributed by atoms with Crippen molar-refractivity contribution >= 4 is 29.8 Å². The molecular weight excluding hydrogens is 1280 g/mol. The maximum absolute atomic E-state index is 13.7. The minimum absolute atomic E-state index is 0.00353. The average molecular weight is 1350 g/mol. The molecule has 2 heterocycles. The number of halogens is 9. The highest BCUT2D eigenvalue weighted by Gasteiger charge is 2.50. The number of fused-ring (bicyclic) bond motifs is 6. The molecule has 0 saturated carbocycles. The number of benzene rings is 8. The van der Waals surface area contributed by atoms with Crippen LogP contribution in [0.3, 0.4) is 0 Å². The molecule has 0 bridgehead atoms. The molecular formula is C77H72F9N5O7. The summed E-state index contributed by atoms with van der Waals surface area (Å²) >= 11 is 0. The van der Waals surface area contributed by atoms with Crippen LogP contribution in [0.15, 0.2) is 194 Å². The van der Waals surface area contributed by atoms with Crippen molar-refractivity contribution in [1.29, 1.82) is 0 Å². The monoisotopic (exact) mass is 1350 g/mol. The molecule has 2 saturated heterocycles. The number of aliphatic carboxylic acids is 1. The van der Waals surface area contributed by atoms with Crippen LogP contribution >= 0.6 is 0 Å². The molecule has 0 radical (unpaired) electrons. The van der Waals surface area contributed by atoms with Crippen LogP contribution < -0.4 is 16.0 Å². The van der Waals surface area contributed by atoms with Gasteiger partial charge in [-0.05, 0) is 167 Å². The summed E-state index contributed by atoms with van der Waals surface area (Å²) in [6.07, 6.45) is -8.38. The Bertz CT molecular complexity index is 4090. The number of nitrogens with one attached hydrogen (secondary N) is 3. The number of likely N-dealkylation sites (tertiary alicyclic amines) is 2. The van der Waals surface area contributed by atoms with Gasteiger partial charge in [0, 0.05) is 49.4 Å². The smallest absolute Gasteiger partial charge is 0.416 e. The lowest BCUT2D eigenvalue weighted by Gasteiger charge is -2.33. The van der Waals surface area contributed by atoms with E-state index in [9.17, 15) is 68.6 Å². The minimum Gasteiger partial charge on any atom is -0.480 e. The van der Waals surface area contributed by atoms with Gasteiger partial charge >= 0.3 is 30.6 Å². The molecule has 0 aromatic heterocycles. The van der Waals surface area contributed by atoms with Crippen LogP contribution in [0.1, 0.15) is 118 Å². The minimum atomic E-state index is -4.58. The van der Waals surface area contributed by atoms with Gasteiger partial charge in [-0.25, -0.2) is 4.79 Å². The normalized spacial score (nSPS) is 15.7. The molecule has 0 atom stereocenters. The summed E-state index contributed by atoms with van der Waals surface area (Å²) < 4.78 is 123. The van der Waals surface area contributed by atoms with E-state index in [0.717, 1.165) is 103 Å². The Morgan fingerprint density at radius 3 is 1.22 bits per heavy atom. The highest BCUT2D eigenvalue weighted by molar-refractivity contribution is 6.03. The van der Waals surface area contributed by atoms with Crippen LogP contribution in [0.5, 0.6) is 0 Å². The lowest BCUT2D eigenvalue weighted by Crippen LogP contribution is -2.47. The molecule has 2 fully saturated rings. The summed E-state index contributed by atoms with van der Waals surface area (Å²) in [5, 5.41) is 18.7. The molecule has 510 valence electrons. The lowest BCUT2D eigenvalue weighted by molar-refractivity contribution is -0.142. The molecule has 4 N–H and O–H groups in total. The first-order valence-corrected chi connectivity index (χ1v) is 32.7. The number of unbranched alkanes of at least 4 members (excludes halogenated alkanes) is 2. The number of hydrogen-bond donors (Lipinski definition) is 4. The molecule has 2 aliphatic heterocycles.